The summed E-state index contributed by atoms with van der Waals surface area (Å²) in [6.45, 7) is 5.57. The molecule has 0 saturated heterocycles. The van der Waals surface area contributed by atoms with Gasteiger partial charge in [0.1, 0.15) is 0 Å². The van der Waals surface area contributed by atoms with E-state index >= 15 is 0 Å². The lowest BCUT2D eigenvalue weighted by Crippen LogP contribution is -2.18. The van der Waals surface area contributed by atoms with Gasteiger partial charge in [0.05, 0.1) is 0 Å². The van der Waals surface area contributed by atoms with Crippen LogP contribution in [0.15, 0.2) is 12.7 Å². The predicted molar refractivity (Wildman–Crippen MR) is 30.0 cm³/mol. The lowest BCUT2D eigenvalue weighted by Gasteiger charge is -2.13. The molecule has 0 nitrogen and oxygen atoms in total. The Morgan fingerprint density at radius 1 is 1.62 bits per heavy atom. The Bertz CT molecular complexity index is 81.0. The average Bonchev–Trinajstić information content (AvgIpc) is 1.62. The van der Waals surface area contributed by atoms with E-state index in [1.54, 1.807) is 0 Å². The zero-order valence-corrected chi connectivity index (χ0v) is 5.12. The van der Waals surface area contributed by atoms with E-state index in [1.165, 1.54) is 13.0 Å². The fourth-order valence-electron chi connectivity index (χ4n) is 0.207. The van der Waals surface area contributed by atoms with Crippen molar-refractivity contribution in [3.8, 4) is 0 Å². The SMILES string of the molecule is C=CC(C)C(C)(F)F. The van der Waals surface area contributed by atoms with Gasteiger partial charge in [-0.25, -0.2) is 8.78 Å². The molecule has 0 aliphatic rings. The van der Waals surface area contributed by atoms with E-state index in [1.807, 2.05) is 0 Å². The topological polar surface area (TPSA) is 0 Å². The van der Waals surface area contributed by atoms with Gasteiger partial charge in [-0.2, -0.15) is 0 Å². The van der Waals surface area contributed by atoms with Crippen LogP contribution in [0.5, 0.6) is 0 Å². The molecule has 0 bridgehead atoms. The van der Waals surface area contributed by atoms with Crippen LogP contribution in [0.2, 0.25) is 0 Å². The molecule has 0 aliphatic heterocycles. The molecule has 2 heteroatoms. The summed E-state index contributed by atoms with van der Waals surface area (Å²) in [5.41, 5.74) is 0. The first kappa shape index (κ1) is 7.60. The van der Waals surface area contributed by atoms with Crippen molar-refractivity contribution in [3.63, 3.8) is 0 Å². The summed E-state index contributed by atoms with van der Waals surface area (Å²) in [6.07, 6.45) is 1.25. The highest BCUT2D eigenvalue weighted by Crippen LogP contribution is 2.23. The lowest BCUT2D eigenvalue weighted by atomic mass is 10.1. The fraction of sp³-hybridized carbons (Fsp3) is 0.667. The first-order chi connectivity index (χ1) is 3.48. The second kappa shape index (κ2) is 2.25. The number of allylic oxidation sites excluding steroid dienone is 1. The zero-order valence-electron chi connectivity index (χ0n) is 5.12. The van der Waals surface area contributed by atoms with E-state index in [-0.39, 0.29) is 0 Å². The Kier molecular flexibility index (Phi) is 2.13. The van der Waals surface area contributed by atoms with Gasteiger partial charge in [-0.1, -0.05) is 13.0 Å². The molecule has 1 unspecified atom stereocenters. The highest BCUT2D eigenvalue weighted by molar-refractivity contribution is 4.83. The minimum Gasteiger partial charge on any atom is -0.207 e. The van der Waals surface area contributed by atoms with Crippen molar-refractivity contribution in [1.29, 1.82) is 0 Å². The summed E-state index contributed by atoms with van der Waals surface area (Å²) in [4.78, 5) is 0. The molecule has 0 aromatic rings. The van der Waals surface area contributed by atoms with E-state index in [9.17, 15) is 8.78 Å². The van der Waals surface area contributed by atoms with Gasteiger partial charge in [0.15, 0.2) is 0 Å². The molecule has 0 rings (SSSR count). The van der Waals surface area contributed by atoms with Crippen molar-refractivity contribution >= 4 is 0 Å². The van der Waals surface area contributed by atoms with Crippen molar-refractivity contribution in [3.05, 3.63) is 12.7 Å². The highest BCUT2D eigenvalue weighted by Gasteiger charge is 2.26. The summed E-state index contributed by atoms with van der Waals surface area (Å²) in [5, 5.41) is 0. The Labute approximate surface area is 48.2 Å². The van der Waals surface area contributed by atoms with Gasteiger partial charge >= 0.3 is 0 Å². The van der Waals surface area contributed by atoms with E-state index in [2.05, 4.69) is 6.58 Å². The molecule has 48 valence electrons. The monoisotopic (exact) mass is 120 g/mol. The second-order valence-corrected chi connectivity index (χ2v) is 1.98. The van der Waals surface area contributed by atoms with Crippen LogP contribution >= 0.6 is 0 Å². The van der Waals surface area contributed by atoms with Crippen LogP contribution in [-0.4, -0.2) is 5.92 Å². The molecule has 0 aliphatic carbocycles. The molecule has 1 atom stereocenters. The van der Waals surface area contributed by atoms with Crippen LogP contribution in [0.1, 0.15) is 13.8 Å². The predicted octanol–water partition coefficient (Wildman–Crippen LogP) is 2.46. The maximum Gasteiger partial charge on any atom is 0.251 e. The zero-order chi connectivity index (χ0) is 6.78. The summed E-state index contributed by atoms with van der Waals surface area (Å²) >= 11 is 0. The normalized spacial score (nSPS) is 15.5. The smallest absolute Gasteiger partial charge is 0.207 e. The minimum atomic E-state index is -2.61. The van der Waals surface area contributed by atoms with Crippen LogP contribution in [0.4, 0.5) is 8.78 Å². The van der Waals surface area contributed by atoms with Gasteiger partial charge < -0.3 is 0 Å². The Morgan fingerprint density at radius 3 is 2.00 bits per heavy atom. The molecule has 0 spiro atoms. The van der Waals surface area contributed by atoms with Crippen LogP contribution in [0.25, 0.3) is 0 Å². The number of hydrogen-bond acceptors (Lipinski definition) is 0. The third-order valence-electron chi connectivity index (χ3n) is 1.15. The van der Waals surface area contributed by atoms with Crippen LogP contribution in [-0.2, 0) is 0 Å². The molecule has 8 heavy (non-hydrogen) atoms. The number of rotatable bonds is 2. The van der Waals surface area contributed by atoms with E-state index in [0.29, 0.717) is 0 Å². The van der Waals surface area contributed by atoms with Crippen LogP contribution < -0.4 is 0 Å². The molecule has 0 fully saturated rings. The van der Waals surface area contributed by atoms with Crippen molar-refractivity contribution < 1.29 is 8.78 Å². The molecular weight excluding hydrogens is 110 g/mol. The maximum absolute atomic E-state index is 12.0. The Balaban J connectivity index is 3.80. The van der Waals surface area contributed by atoms with E-state index in [4.69, 9.17) is 0 Å². The van der Waals surface area contributed by atoms with Gasteiger partial charge in [-0.3, -0.25) is 0 Å². The van der Waals surface area contributed by atoms with Crippen molar-refractivity contribution in [2.75, 3.05) is 0 Å². The van der Waals surface area contributed by atoms with Gasteiger partial charge in [-0.15, -0.1) is 6.58 Å². The van der Waals surface area contributed by atoms with E-state index in [0.717, 1.165) is 6.92 Å². The van der Waals surface area contributed by atoms with Crippen molar-refractivity contribution in [1.82, 2.24) is 0 Å². The van der Waals surface area contributed by atoms with Gasteiger partial charge in [-0.05, 0) is 6.92 Å². The van der Waals surface area contributed by atoms with Crippen molar-refractivity contribution in [2.24, 2.45) is 5.92 Å². The molecule has 0 radical (unpaired) electrons. The van der Waals surface area contributed by atoms with Crippen LogP contribution in [0.3, 0.4) is 0 Å². The minimum absolute atomic E-state index is 0.720. The summed E-state index contributed by atoms with van der Waals surface area (Å²) in [6, 6.07) is 0. The molecular formula is C6H10F2. The summed E-state index contributed by atoms with van der Waals surface area (Å²) in [5.74, 6) is -3.33. The van der Waals surface area contributed by atoms with Gasteiger partial charge in [0.2, 0.25) is 0 Å². The third kappa shape index (κ3) is 2.05. The largest absolute Gasteiger partial charge is 0.251 e. The molecule has 0 amide bonds. The summed E-state index contributed by atoms with van der Waals surface area (Å²) < 4.78 is 24.1. The highest BCUT2D eigenvalue weighted by atomic mass is 19.3. The van der Waals surface area contributed by atoms with E-state index < -0.39 is 11.8 Å². The Hall–Kier alpha value is -0.400. The first-order valence-corrected chi connectivity index (χ1v) is 2.49. The first-order valence-electron chi connectivity index (χ1n) is 2.49. The lowest BCUT2D eigenvalue weighted by molar-refractivity contribution is -0.0140. The molecule has 0 N–H and O–H groups in total. The second-order valence-electron chi connectivity index (χ2n) is 1.98. The van der Waals surface area contributed by atoms with Crippen LogP contribution in [0, 0.1) is 5.92 Å². The average molecular weight is 120 g/mol. The molecule has 0 heterocycles. The fourth-order valence-corrected chi connectivity index (χ4v) is 0.207. The third-order valence-corrected chi connectivity index (χ3v) is 1.15. The number of hydrogen-bond donors (Lipinski definition) is 0. The number of halogens is 2. The molecule has 0 aromatic heterocycles. The maximum atomic E-state index is 12.0. The van der Waals surface area contributed by atoms with Gasteiger partial charge in [0, 0.05) is 5.92 Å². The van der Waals surface area contributed by atoms with Gasteiger partial charge in [0.25, 0.3) is 5.92 Å². The quantitative estimate of drug-likeness (QED) is 0.491. The molecule has 0 saturated carbocycles. The summed E-state index contributed by atoms with van der Waals surface area (Å²) in [7, 11) is 0. The number of alkyl halides is 2. The molecule has 0 aromatic carbocycles. The Morgan fingerprint density at radius 2 is 2.00 bits per heavy atom. The van der Waals surface area contributed by atoms with Crippen molar-refractivity contribution in [2.45, 2.75) is 19.8 Å². The standard InChI is InChI=1S/C6H10F2/c1-4-5(2)6(3,7)8/h4-5H,1H2,2-3H3.